The quantitative estimate of drug-likeness (QED) is 0.270. The third kappa shape index (κ3) is 10.8. The van der Waals surface area contributed by atoms with E-state index < -0.39 is 35.8 Å². The third-order valence-electron chi connectivity index (χ3n) is 6.06. The Bertz CT molecular complexity index is 1010. The monoisotopic (exact) mass is 528 g/mol. The Kier molecular flexibility index (Phi) is 12.8. The summed E-state index contributed by atoms with van der Waals surface area (Å²) in [5, 5.41) is 5.51. The van der Waals surface area contributed by atoms with Gasteiger partial charge in [-0.3, -0.25) is 19.2 Å². The zero-order chi connectivity index (χ0) is 27.2. The molecule has 200 valence electrons. The van der Waals surface area contributed by atoms with E-state index in [1.165, 1.54) is 7.11 Å². The minimum atomic E-state index is -0.852. The lowest BCUT2D eigenvalue weighted by Crippen LogP contribution is -2.52. The van der Waals surface area contributed by atoms with Crippen molar-refractivity contribution in [2.45, 2.75) is 58.0 Å². The zero-order valence-corrected chi connectivity index (χ0v) is 22.5. The summed E-state index contributed by atoms with van der Waals surface area (Å²) in [5.41, 5.74) is 1.94. The zero-order valence-electron chi connectivity index (χ0n) is 21.7. The Labute approximate surface area is 224 Å². The number of methoxy groups -OCH3 is 1. The molecule has 0 radical (unpaired) electrons. The van der Waals surface area contributed by atoms with Crippen molar-refractivity contribution >= 4 is 35.2 Å². The second-order valence-corrected chi connectivity index (χ2v) is 9.82. The van der Waals surface area contributed by atoms with Crippen molar-refractivity contribution in [3.8, 4) is 0 Å². The largest absolute Gasteiger partial charge is 0.469 e. The van der Waals surface area contributed by atoms with Crippen LogP contribution in [0.2, 0.25) is 0 Å². The Morgan fingerprint density at radius 3 is 2.00 bits per heavy atom. The van der Waals surface area contributed by atoms with E-state index in [1.54, 1.807) is 0 Å². The topological polar surface area (TPSA) is 102 Å². The molecule has 0 aromatic heterocycles. The first-order valence-corrected chi connectivity index (χ1v) is 13.1. The predicted molar refractivity (Wildman–Crippen MR) is 144 cm³/mol. The van der Waals surface area contributed by atoms with E-state index in [4.69, 9.17) is 16.3 Å². The van der Waals surface area contributed by atoms with Crippen LogP contribution in [-0.4, -0.2) is 48.6 Å². The number of nitrogens with one attached hydrogen (secondary N) is 2. The van der Waals surface area contributed by atoms with Crippen molar-refractivity contribution < 1.29 is 23.9 Å². The maximum atomic E-state index is 13.4. The lowest BCUT2D eigenvalue weighted by atomic mass is 9.89. The van der Waals surface area contributed by atoms with Crippen LogP contribution in [0, 0.1) is 11.8 Å². The van der Waals surface area contributed by atoms with Crippen LogP contribution in [0.4, 0.5) is 0 Å². The van der Waals surface area contributed by atoms with Crippen LogP contribution in [0.25, 0.3) is 0 Å². The number of aryl methyl sites for hydroxylation is 1. The standard InChI is InChI=1S/C29H37ClN2O5/c1-20(2)16-25(26(33)18-23(29(36)37-3)17-22-12-8-5-9-13-22)32-28(35)24(31-27(34)19-30)15-14-21-10-6-4-7-11-21/h4-13,20,23-25H,14-19H2,1-3H3,(H,31,34)(H,32,35)/t23-,24+,25+/m1/s1. The van der Waals surface area contributed by atoms with Gasteiger partial charge in [0.15, 0.2) is 5.78 Å². The van der Waals surface area contributed by atoms with Gasteiger partial charge in [0.05, 0.1) is 19.1 Å². The summed E-state index contributed by atoms with van der Waals surface area (Å²) in [6, 6.07) is 17.4. The van der Waals surface area contributed by atoms with E-state index in [-0.39, 0.29) is 24.0 Å². The highest BCUT2D eigenvalue weighted by Gasteiger charge is 2.31. The second-order valence-electron chi connectivity index (χ2n) is 9.55. The van der Waals surface area contributed by atoms with Crippen LogP contribution in [0.1, 0.15) is 44.2 Å². The van der Waals surface area contributed by atoms with Gasteiger partial charge in [0.2, 0.25) is 11.8 Å². The SMILES string of the molecule is COC(=O)[C@@H](CC(=O)[C@H](CC(C)C)NC(=O)[C@H](CCc1ccccc1)NC(=O)CCl)Cc1ccccc1. The molecule has 0 bridgehead atoms. The number of rotatable bonds is 15. The first kappa shape index (κ1) is 30.0. The van der Waals surface area contributed by atoms with Gasteiger partial charge in [-0.2, -0.15) is 0 Å². The molecule has 0 unspecified atom stereocenters. The van der Waals surface area contributed by atoms with Crippen molar-refractivity contribution in [2.24, 2.45) is 11.8 Å². The molecule has 2 amide bonds. The highest BCUT2D eigenvalue weighted by molar-refractivity contribution is 6.27. The molecule has 0 aliphatic heterocycles. The summed E-state index contributed by atoms with van der Waals surface area (Å²) >= 11 is 5.67. The van der Waals surface area contributed by atoms with E-state index in [0.29, 0.717) is 25.7 Å². The number of hydrogen-bond acceptors (Lipinski definition) is 5. The minimum Gasteiger partial charge on any atom is -0.469 e. The van der Waals surface area contributed by atoms with Crippen molar-refractivity contribution in [3.05, 3.63) is 71.8 Å². The maximum absolute atomic E-state index is 13.4. The van der Waals surface area contributed by atoms with Gasteiger partial charge in [-0.1, -0.05) is 74.5 Å². The lowest BCUT2D eigenvalue weighted by molar-refractivity contribution is -0.147. The molecule has 0 heterocycles. The highest BCUT2D eigenvalue weighted by Crippen LogP contribution is 2.18. The number of amides is 2. The molecular weight excluding hydrogens is 492 g/mol. The van der Waals surface area contributed by atoms with Crippen molar-refractivity contribution in [1.82, 2.24) is 10.6 Å². The third-order valence-corrected chi connectivity index (χ3v) is 6.30. The van der Waals surface area contributed by atoms with Crippen LogP contribution in [0.5, 0.6) is 0 Å². The number of carbonyl (C=O) groups is 4. The van der Waals surface area contributed by atoms with E-state index in [0.717, 1.165) is 11.1 Å². The second kappa shape index (κ2) is 15.8. The molecule has 0 saturated heterocycles. The molecule has 2 aromatic carbocycles. The molecule has 2 N–H and O–H groups in total. The summed E-state index contributed by atoms with van der Waals surface area (Å²) < 4.78 is 4.96. The number of esters is 1. The first-order valence-electron chi connectivity index (χ1n) is 12.6. The molecule has 37 heavy (non-hydrogen) atoms. The van der Waals surface area contributed by atoms with Crippen LogP contribution >= 0.6 is 11.6 Å². The summed E-state index contributed by atoms with van der Waals surface area (Å²) in [7, 11) is 1.30. The van der Waals surface area contributed by atoms with E-state index in [2.05, 4.69) is 10.6 Å². The summed E-state index contributed by atoms with van der Waals surface area (Å²) in [6.07, 6.45) is 1.60. The van der Waals surface area contributed by atoms with Gasteiger partial charge in [0.25, 0.3) is 0 Å². The number of carbonyl (C=O) groups excluding carboxylic acids is 4. The van der Waals surface area contributed by atoms with E-state index >= 15 is 0 Å². The van der Waals surface area contributed by atoms with Gasteiger partial charge in [0.1, 0.15) is 11.9 Å². The fourth-order valence-electron chi connectivity index (χ4n) is 4.16. The smallest absolute Gasteiger partial charge is 0.309 e. The van der Waals surface area contributed by atoms with Gasteiger partial charge >= 0.3 is 5.97 Å². The van der Waals surface area contributed by atoms with Crippen molar-refractivity contribution in [2.75, 3.05) is 13.0 Å². The molecule has 0 fully saturated rings. The van der Waals surface area contributed by atoms with Gasteiger partial charge in [0, 0.05) is 6.42 Å². The van der Waals surface area contributed by atoms with Crippen LogP contribution < -0.4 is 10.6 Å². The summed E-state index contributed by atoms with van der Waals surface area (Å²) in [6.45, 7) is 3.91. The van der Waals surface area contributed by atoms with Crippen molar-refractivity contribution in [3.63, 3.8) is 0 Å². The molecule has 0 aliphatic rings. The molecule has 3 atom stereocenters. The van der Waals surface area contributed by atoms with Crippen molar-refractivity contribution in [1.29, 1.82) is 0 Å². The average Bonchev–Trinajstić information content (AvgIpc) is 2.90. The molecule has 0 saturated carbocycles. The van der Waals surface area contributed by atoms with Crippen LogP contribution in [0.3, 0.4) is 0 Å². The summed E-state index contributed by atoms with van der Waals surface area (Å²) in [5.74, 6) is -2.47. The minimum absolute atomic E-state index is 0.0675. The Balaban J connectivity index is 2.15. The Hall–Kier alpha value is -3.19. The predicted octanol–water partition coefficient (Wildman–Crippen LogP) is 3.86. The number of ether oxygens (including phenoxy) is 1. The Morgan fingerprint density at radius 2 is 1.46 bits per heavy atom. The fraction of sp³-hybridized carbons (Fsp3) is 0.448. The normalized spacial score (nSPS) is 13.3. The number of hydrogen-bond donors (Lipinski definition) is 2. The lowest BCUT2D eigenvalue weighted by Gasteiger charge is -2.25. The number of Topliss-reactive ketones (excluding diaryl/α,β-unsaturated/α-hetero) is 1. The number of halogens is 1. The van der Waals surface area contributed by atoms with Gasteiger partial charge in [-0.05, 0) is 42.7 Å². The molecule has 7 nitrogen and oxygen atoms in total. The van der Waals surface area contributed by atoms with E-state index in [1.807, 2.05) is 74.5 Å². The number of benzene rings is 2. The van der Waals surface area contributed by atoms with Crippen LogP contribution in [0.15, 0.2) is 60.7 Å². The molecule has 0 spiro atoms. The molecular formula is C29H37ClN2O5. The Morgan fingerprint density at radius 1 is 0.865 bits per heavy atom. The maximum Gasteiger partial charge on any atom is 0.309 e. The van der Waals surface area contributed by atoms with Gasteiger partial charge < -0.3 is 15.4 Å². The molecule has 2 aromatic rings. The fourth-order valence-corrected chi connectivity index (χ4v) is 4.24. The number of alkyl halides is 1. The molecule has 8 heteroatoms. The first-order chi connectivity index (χ1) is 17.7. The highest BCUT2D eigenvalue weighted by atomic mass is 35.5. The van der Waals surface area contributed by atoms with E-state index in [9.17, 15) is 19.2 Å². The molecule has 2 rings (SSSR count). The van der Waals surface area contributed by atoms with Gasteiger partial charge in [-0.25, -0.2) is 0 Å². The number of ketones is 1. The average molecular weight is 529 g/mol. The van der Waals surface area contributed by atoms with Crippen LogP contribution in [-0.2, 0) is 36.8 Å². The summed E-state index contributed by atoms with van der Waals surface area (Å²) in [4.78, 5) is 51.2. The van der Waals surface area contributed by atoms with Gasteiger partial charge in [-0.15, -0.1) is 11.6 Å². The molecule has 0 aliphatic carbocycles.